The molecule has 158 valence electrons. The van der Waals surface area contributed by atoms with Gasteiger partial charge in [-0.05, 0) is 13.5 Å². The van der Waals surface area contributed by atoms with Crippen LogP contribution in [-0.4, -0.2) is 69.2 Å². The second kappa shape index (κ2) is 8.19. The number of amides is 1. The van der Waals surface area contributed by atoms with Crippen molar-refractivity contribution in [3.05, 3.63) is 36.0 Å². The molecule has 1 amide bonds. The zero-order valence-electron chi connectivity index (χ0n) is 17.0. The van der Waals surface area contributed by atoms with E-state index in [9.17, 15) is 9.18 Å². The summed E-state index contributed by atoms with van der Waals surface area (Å²) in [5, 5.41) is 5.83. The van der Waals surface area contributed by atoms with E-state index in [1.165, 1.54) is 19.5 Å². The Morgan fingerprint density at radius 2 is 2.03 bits per heavy atom. The zero-order chi connectivity index (χ0) is 21.3. The van der Waals surface area contributed by atoms with Crippen molar-refractivity contribution in [2.75, 3.05) is 37.0 Å². The maximum Gasteiger partial charge on any atom is 0.260 e. The molecule has 3 aromatic rings. The Kier molecular flexibility index (Phi) is 5.44. The van der Waals surface area contributed by atoms with E-state index < -0.39 is 12.1 Å². The zero-order valence-corrected chi connectivity index (χ0v) is 17.0. The number of halogens is 1. The van der Waals surface area contributed by atoms with Crippen molar-refractivity contribution in [1.82, 2.24) is 29.7 Å². The van der Waals surface area contributed by atoms with Gasteiger partial charge in [-0.25, -0.2) is 19.3 Å². The smallest absolute Gasteiger partial charge is 0.260 e. The molecule has 4 heterocycles. The minimum absolute atomic E-state index is 0.220. The molecule has 0 saturated carbocycles. The van der Waals surface area contributed by atoms with Crippen molar-refractivity contribution in [3.63, 3.8) is 0 Å². The fourth-order valence-electron chi connectivity index (χ4n) is 3.46. The van der Waals surface area contributed by atoms with Crippen LogP contribution in [0.5, 0.6) is 5.88 Å². The van der Waals surface area contributed by atoms with Gasteiger partial charge < -0.3 is 20.3 Å². The molecule has 11 heteroatoms. The summed E-state index contributed by atoms with van der Waals surface area (Å²) in [5.74, 6) is 0.587. The van der Waals surface area contributed by atoms with Gasteiger partial charge in [0.2, 0.25) is 11.6 Å². The van der Waals surface area contributed by atoms with Crippen LogP contribution in [-0.2, 0) is 0 Å². The molecule has 1 saturated heterocycles. The second-order valence-corrected chi connectivity index (χ2v) is 7.06. The number of hydrogen-bond acceptors (Lipinski definition) is 8. The van der Waals surface area contributed by atoms with Crippen LogP contribution in [0.25, 0.3) is 5.65 Å². The van der Waals surface area contributed by atoms with Gasteiger partial charge >= 0.3 is 0 Å². The van der Waals surface area contributed by atoms with Crippen LogP contribution in [0.4, 0.5) is 16.2 Å². The molecule has 0 radical (unpaired) electrons. The van der Waals surface area contributed by atoms with Crippen molar-refractivity contribution in [2.24, 2.45) is 0 Å². The standard InChI is InChI=1S/C19H23FN8O2/c1-4-21-14-9-28(8-13(14)20)19-22-5-12(6-23-19)17(29)25-15-10-27-7-11(2)24-16(27)18(26-15)30-3/h5-7,10,13-14,21H,4,8-9H2,1-3H3,(H,25,29). The molecule has 0 bridgehead atoms. The number of aromatic nitrogens is 5. The second-order valence-electron chi connectivity index (χ2n) is 7.06. The lowest BCUT2D eigenvalue weighted by atomic mass is 10.2. The topological polar surface area (TPSA) is 110 Å². The molecule has 2 N–H and O–H groups in total. The lowest BCUT2D eigenvalue weighted by molar-refractivity contribution is 0.102. The monoisotopic (exact) mass is 414 g/mol. The van der Waals surface area contributed by atoms with Gasteiger partial charge in [0, 0.05) is 25.1 Å². The summed E-state index contributed by atoms with van der Waals surface area (Å²) in [5.41, 5.74) is 1.63. The van der Waals surface area contributed by atoms with Gasteiger partial charge in [-0.15, -0.1) is 0 Å². The van der Waals surface area contributed by atoms with Crippen molar-refractivity contribution >= 4 is 23.3 Å². The Hall–Kier alpha value is -3.34. The normalized spacial score (nSPS) is 18.7. The van der Waals surface area contributed by atoms with Gasteiger partial charge in [0.05, 0.1) is 37.2 Å². The highest BCUT2D eigenvalue weighted by molar-refractivity contribution is 6.03. The van der Waals surface area contributed by atoms with Crippen LogP contribution in [0.3, 0.4) is 0 Å². The number of carbonyl (C=O) groups excluding carboxylic acids is 1. The number of imidazole rings is 1. The third kappa shape index (κ3) is 3.88. The van der Waals surface area contributed by atoms with E-state index in [4.69, 9.17) is 4.74 Å². The summed E-state index contributed by atoms with van der Waals surface area (Å²) in [7, 11) is 1.49. The number of anilines is 2. The van der Waals surface area contributed by atoms with Crippen LogP contribution in [0.15, 0.2) is 24.8 Å². The van der Waals surface area contributed by atoms with Crippen molar-refractivity contribution in [2.45, 2.75) is 26.1 Å². The average molecular weight is 414 g/mol. The molecule has 3 aromatic heterocycles. The summed E-state index contributed by atoms with van der Waals surface area (Å²) in [6, 6.07) is -0.246. The molecule has 1 aliphatic heterocycles. The highest BCUT2D eigenvalue weighted by atomic mass is 19.1. The number of aryl methyl sites for hydroxylation is 1. The fourth-order valence-corrected chi connectivity index (χ4v) is 3.46. The molecule has 30 heavy (non-hydrogen) atoms. The van der Waals surface area contributed by atoms with E-state index in [-0.39, 0.29) is 18.2 Å². The van der Waals surface area contributed by atoms with E-state index >= 15 is 0 Å². The quantitative estimate of drug-likeness (QED) is 0.620. The molecule has 1 fully saturated rings. The molecule has 0 aromatic carbocycles. The fraction of sp³-hybridized carbons (Fsp3) is 0.421. The molecule has 2 atom stereocenters. The molecule has 0 spiro atoms. The summed E-state index contributed by atoms with van der Waals surface area (Å²) in [6.07, 6.45) is 5.31. The number of nitrogens with zero attached hydrogens (tertiary/aromatic N) is 6. The van der Waals surface area contributed by atoms with Gasteiger partial charge in [0.1, 0.15) is 6.17 Å². The number of nitrogens with one attached hydrogen (secondary N) is 2. The first-order valence-corrected chi connectivity index (χ1v) is 9.64. The van der Waals surface area contributed by atoms with Crippen LogP contribution in [0.1, 0.15) is 23.0 Å². The number of hydrogen-bond donors (Lipinski definition) is 2. The summed E-state index contributed by atoms with van der Waals surface area (Å²) < 4.78 is 21.1. The Morgan fingerprint density at radius 1 is 1.27 bits per heavy atom. The van der Waals surface area contributed by atoms with Gasteiger partial charge in [0.15, 0.2) is 5.82 Å². The SMILES string of the molecule is CCNC1CN(c2ncc(C(=O)Nc3cn4cc(C)nc4c(OC)n3)cn2)CC1F. The summed E-state index contributed by atoms with van der Waals surface area (Å²) in [6.45, 7) is 5.19. The van der Waals surface area contributed by atoms with E-state index in [1.54, 1.807) is 15.5 Å². The Balaban J connectivity index is 1.47. The number of carbonyl (C=O) groups is 1. The Morgan fingerprint density at radius 3 is 2.73 bits per heavy atom. The minimum Gasteiger partial charge on any atom is -0.478 e. The van der Waals surface area contributed by atoms with Gasteiger partial charge in [-0.3, -0.25) is 9.20 Å². The molecule has 10 nitrogen and oxygen atoms in total. The highest BCUT2D eigenvalue weighted by Gasteiger charge is 2.33. The first kappa shape index (κ1) is 20.0. The number of ether oxygens (including phenoxy) is 1. The molecular formula is C19H23FN8O2. The Labute approximate surface area is 172 Å². The van der Waals surface area contributed by atoms with E-state index in [0.717, 1.165) is 5.69 Å². The molecule has 1 aliphatic rings. The average Bonchev–Trinajstić information content (AvgIpc) is 3.29. The summed E-state index contributed by atoms with van der Waals surface area (Å²) in [4.78, 5) is 31.5. The predicted octanol–water partition coefficient (Wildman–Crippen LogP) is 1.22. The largest absolute Gasteiger partial charge is 0.478 e. The highest BCUT2D eigenvalue weighted by Crippen LogP contribution is 2.21. The van der Waals surface area contributed by atoms with Crippen LogP contribution in [0.2, 0.25) is 0 Å². The number of alkyl halides is 1. The Bertz CT molecular complexity index is 1050. The van der Waals surface area contributed by atoms with E-state index in [2.05, 4.69) is 30.6 Å². The molecule has 4 rings (SSSR count). The van der Waals surface area contributed by atoms with Crippen molar-refractivity contribution in [1.29, 1.82) is 0 Å². The van der Waals surface area contributed by atoms with Gasteiger partial charge in [0.25, 0.3) is 11.8 Å². The van der Waals surface area contributed by atoms with Crippen molar-refractivity contribution in [3.8, 4) is 5.88 Å². The lowest BCUT2D eigenvalue weighted by Gasteiger charge is -2.16. The number of methoxy groups -OCH3 is 1. The summed E-state index contributed by atoms with van der Waals surface area (Å²) >= 11 is 0. The predicted molar refractivity (Wildman–Crippen MR) is 109 cm³/mol. The molecular weight excluding hydrogens is 391 g/mol. The van der Waals surface area contributed by atoms with Crippen molar-refractivity contribution < 1.29 is 13.9 Å². The molecule has 2 unspecified atom stereocenters. The minimum atomic E-state index is -0.987. The number of likely N-dealkylation sites (N-methyl/N-ethyl adjacent to an activating group) is 1. The lowest BCUT2D eigenvalue weighted by Crippen LogP contribution is -2.37. The number of fused-ring (bicyclic) bond motifs is 1. The van der Waals surface area contributed by atoms with Gasteiger partial charge in [-0.2, -0.15) is 4.98 Å². The van der Waals surface area contributed by atoms with Crippen LogP contribution < -0.4 is 20.3 Å². The third-order valence-electron chi connectivity index (χ3n) is 4.86. The third-order valence-corrected chi connectivity index (χ3v) is 4.86. The maximum absolute atomic E-state index is 14.1. The van der Waals surface area contributed by atoms with Gasteiger partial charge in [-0.1, -0.05) is 6.92 Å². The molecule has 0 aliphatic carbocycles. The first-order valence-electron chi connectivity index (χ1n) is 9.64. The first-order chi connectivity index (χ1) is 14.5. The van der Waals surface area contributed by atoms with E-state index in [0.29, 0.717) is 36.4 Å². The maximum atomic E-state index is 14.1. The van der Waals surface area contributed by atoms with Crippen LogP contribution >= 0.6 is 0 Å². The number of rotatable bonds is 6. The van der Waals surface area contributed by atoms with E-state index in [1.807, 2.05) is 20.0 Å². The van der Waals surface area contributed by atoms with Crippen LogP contribution in [0, 0.1) is 6.92 Å².